The number of hydrogen-bond acceptors (Lipinski definition) is 4. The van der Waals surface area contributed by atoms with Crippen molar-refractivity contribution in [1.82, 2.24) is 4.90 Å². The maximum atomic E-state index is 13.3. The Labute approximate surface area is 164 Å². The normalized spacial score (nSPS) is 15.7. The fourth-order valence-electron chi connectivity index (χ4n) is 3.47. The number of ether oxygens (including phenoxy) is 1. The number of carbonyl (C=O) groups excluding carboxylic acids is 1. The molecule has 5 heteroatoms. The van der Waals surface area contributed by atoms with Crippen LogP contribution >= 0.6 is 0 Å². The Morgan fingerprint density at radius 2 is 1.79 bits per heavy atom. The third-order valence-corrected chi connectivity index (χ3v) is 4.82. The van der Waals surface area contributed by atoms with Crippen LogP contribution in [-0.4, -0.2) is 22.5 Å². The van der Waals surface area contributed by atoms with Gasteiger partial charge in [-0.3, -0.25) is 4.79 Å². The Morgan fingerprint density at radius 1 is 1.04 bits per heavy atom. The van der Waals surface area contributed by atoms with Crippen molar-refractivity contribution in [2.45, 2.75) is 19.6 Å². The van der Waals surface area contributed by atoms with E-state index in [2.05, 4.69) is 5.32 Å². The first-order chi connectivity index (χ1) is 13.7. The zero-order valence-electron chi connectivity index (χ0n) is 15.6. The average molecular weight is 374 g/mol. The lowest BCUT2D eigenvalue weighted by molar-refractivity contribution is 0.0666. The van der Waals surface area contributed by atoms with Gasteiger partial charge in [0.1, 0.15) is 6.17 Å². The molecule has 0 radical (unpaired) electrons. The molecule has 1 aliphatic heterocycles. The molecule has 0 saturated carbocycles. The molecule has 0 fully saturated rings. The molecular formula is C23H22N2O3. The fraction of sp³-hybridized carbons (Fsp3) is 0.174. The summed E-state index contributed by atoms with van der Waals surface area (Å²) in [7, 11) is 0. The van der Waals surface area contributed by atoms with Gasteiger partial charge in [-0.15, -0.1) is 0 Å². The van der Waals surface area contributed by atoms with Gasteiger partial charge in [-0.1, -0.05) is 48.5 Å². The Bertz CT molecular complexity index is 988. The summed E-state index contributed by atoms with van der Waals surface area (Å²) in [5.41, 5.74) is 3.34. The number of aromatic hydroxyl groups is 1. The molecule has 0 bridgehead atoms. The van der Waals surface area contributed by atoms with Crippen molar-refractivity contribution in [3.63, 3.8) is 0 Å². The monoisotopic (exact) mass is 374 g/mol. The summed E-state index contributed by atoms with van der Waals surface area (Å²) >= 11 is 0. The molecule has 1 atom stereocenters. The molecule has 1 heterocycles. The van der Waals surface area contributed by atoms with Crippen LogP contribution in [0.15, 0.2) is 72.8 Å². The van der Waals surface area contributed by atoms with Crippen molar-refractivity contribution >= 4 is 11.6 Å². The summed E-state index contributed by atoms with van der Waals surface area (Å²) < 4.78 is 5.54. The van der Waals surface area contributed by atoms with E-state index >= 15 is 0 Å². The lowest BCUT2D eigenvalue weighted by Gasteiger charge is -2.38. The average Bonchev–Trinajstić information content (AvgIpc) is 2.73. The van der Waals surface area contributed by atoms with Crippen LogP contribution in [0.2, 0.25) is 0 Å². The number of phenols is 1. The highest BCUT2D eigenvalue weighted by Crippen LogP contribution is 2.37. The number of para-hydroxylation sites is 1. The second kappa shape index (κ2) is 7.64. The first kappa shape index (κ1) is 17.9. The number of nitrogens with zero attached hydrogens (tertiary/aromatic N) is 1. The number of benzene rings is 3. The molecule has 5 nitrogen and oxygen atoms in total. The summed E-state index contributed by atoms with van der Waals surface area (Å²) in [6, 6.07) is 22.6. The molecule has 0 spiro atoms. The lowest BCUT2D eigenvalue weighted by atomic mass is 10.0. The van der Waals surface area contributed by atoms with E-state index in [1.165, 1.54) is 0 Å². The third-order valence-electron chi connectivity index (χ3n) is 4.82. The van der Waals surface area contributed by atoms with Crippen LogP contribution in [0.4, 0.5) is 5.69 Å². The first-order valence-corrected chi connectivity index (χ1v) is 9.33. The Kier molecular flexibility index (Phi) is 4.89. The SMILES string of the molecule is CCOc1cc([C@H]2Nc3ccccc3C(=O)N2Cc2ccccc2)ccc1O. The number of carbonyl (C=O) groups is 1. The number of amides is 1. The van der Waals surface area contributed by atoms with Crippen molar-refractivity contribution in [2.75, 3.05) is 11.9 Å². The summed E-state index contributed by atoms with van der Waals surface area (Å²) in [5, 5.41) is 13.5. The van der Waals surface area contributed by atoms with E-state index in [0.717, 1.165) is 16.8 Å². The summed E-state index contributed by atoms with van der Waals surface area (Å²) in [6.45, 7) is 2.79. The van der Waals surface area contributed by atoms with Crippen molar-refractivity contribution in [2.24, 2.45) is 0 Å². The lowest BCUT2D eigenvalue weighted by Crippen LogP contribution is -2.42. The minimum Gasteiger partial charge on any atom is -0.504 e. The first-order valence-electron chi connectivity index (χ1n) is 9.33. The van der Waals surface area contributed by atoms with Gasteiger partial charge in [0.05, 0.1) is 12.2 Å². The quantitative estimate of drug-likeness (QED) is 0.687. The number of hydrogen-bond donors (Lipinski definition) is 2. The van der Waals surface area contributed by atoms with Gasteiger partial charge in [0.25, 0.3) is 5.91 Å². The molecule has 0 unspecified atom stereocenters. The number of fused-ring (bicyclic) bond motifs is 1. The Morgan fingerprint density at radius 3 is 2.57 bits per heavy atom. The highest BCUT2D eigenvalue weighted by atomic mass is 16.5. The van der Waals surface area contributed by atoms with E-state index in [0.29, 0.717) is 24.5 Å². The topological polar surface area (TPSA) is 61.8 Å². The second-order valence-corrected chi connectivity index (χ2v) is 6.67. The highest BCUT2D eigenvalue weighted by molar-refractivity contribution is 6.01. The number of anilines is 1. The van der Waals surface area contributed by atoms with Crippen LogP contribution < -0.4 is 10.1 Å². The molecule has 1 aliphatic rings. The van der Waals surface area contributed by atoms with Crippen molar-refractivity contribution < 1.29 is 14.6 Å². The standard InChI is InChI=1S/C23H22N2O3/c1-2-28-21-14-17(12-13-20(21)26)22-24-19-11-7-6-10-18(19)23(27)25(22)15-16-8-4-3-5-9-16/h3-14,22,24,26H,2,15H2,1H3/t22-/m0/s1. The molecule has 4 rings (SSSR count). The molecule has 1 amide bonds. The van der Waals surface area contributed by atoms with Crippen LogP contribution in [0, 0.1) is 0 Å². The fourth-order valence-corrected chi connectivity index (χ4v) is 3.47. The molecule has 2 N–H and O–H groups in total. The van der Waals surface area contributed by atoms with E-state index in [4.69, 9.17) is 4.74 Å². The van der Waals surface area contributed by atoms with E-state index in [9.17, 15) is 9.90 Å². The van der Waals surface area contributed by atoms with Gasteiger partial charge in [0.2, 0.25) is 0 Å². The predicted molar refractivity (Wildman–Crippen MR) is 108 cm³/mol. The van der Waals surface area contributed by atoms with Crippen LogP contribution in [-0.2, 0) is 6.54 Å². The molecule has 0 aromatic heterocycles. The van der Waals surface area contributed by atoms with Crippen molar-refractivity contribution in [3.8, 4) is 11.5 Å². The number of nitrogens with one attached hydrogen (secondary N) is 1. The van der Waals surface area contributed by atoms with Gasteiger partial charge < -0.3 is 20.1 Å². The molecular weight excluding hydrogens is 352 g/mol. The van der Waals surface area contributed by atoms with Crippen LogP contribution in [0.25, 0.3) is 0 Å². The Balaban J connectivity index is 1.76. The third kappa shape index (κ3) is 3.39. The predicted octanol–water partition coefficient (Wildman–Crippen LogP) is 4.56. The largest absolute Gasteiger partial charge is 0.504 e. The Hall–Kier alpha value is -3.47. The van der Waals surface area contributed by atoms with Crippen LogP contribution in [0.1, 0.15) is 34.6 Å². The summed E-state index contributed by atoms with van der Waals surface area (Å²) in [5.74, 6) is 0.463. The van der Waals surface area contributed by atoms with Crippen molar-refractivity contribution in [3.05, 3.63) is 89.5 Å². The molecule has 0 aliphatic carbocycles. The smallest absolute Gasteiger partial charge is 0.258 e. The van der Waals surface area contributed by atoms with Gasteiger partial charge in [-0.2, -0.15) is 0 Å². The zero-order chi connectivity index (χ0) is 19.5. The zero-order valence-corrected chi connectivity index (χ0v) is 15.6. The molecule has 142 valence electrons. The summed E-state index contributed by atoms with van der Waals surface area (Å²) in [4.78, 5) is 15.1. The van der Waals surface area contributed by atoms with E-state index < -0.39 is 0 Å². The van der Waals surface area contributed by atoms with E-state index in [1.807, 2.05) is 67.6 Å². The van der Waals surface area contributed by atoms with Crippen molar-refractivity contribution in [1.29, 1.82) is 0 Å². The number of rotatable bonds is 5. The highest BCUT2D eigenvalue weighted by Gasteiger charge is 2.33. The van der Waals surface area contributed by atoms with Gasteiger partial charge >= 0.3 is 0 Å². The minimum atomic E-state index is -0.373. The molecule has 3 aromatic rings. The summed E-state index contributed by atoms with van der Waals surface area (Å²) in [6.07, 6.45) is -0.373. The van der Waals surface area contributed by atoms with E-state index in [1.54, 1.807) is 17.0 Å². The number of phenolic OH excluding ortho intramolecular Hbond substituents is 1. The second-order valence-electron chi connectivity index (χ2n) is 6.67. The van der Waals surface area contributed by atoms with Crippen LogP contribution in [0.3, 0.4) is 0 Å². The minimum absolute atomic E-state index is 0.0331. The maximum Gasteiger partial charge on any atom is 0.258 e. The van der Waals surface area contributed by atoms with Crippen LogP contribution in [0.5, 0.6) is 11.5 Å². The molecule has 0 saturated heterocycles. The maximum absolute atomic E-state index is 13.3. The van der Waals surface area contributed by atoms with E-state index in [-0.39, 0.29) is 17.8 Å². The van der Waals surface area contributed by atoms with Gasteiger partial charge in [0.15, 0.2) is 11.5 Å². The molecule has 28 heavy (non-hydrogen) atoms. The van der Waals surface area contributed by atoms with Gasteiger partial charge in [-0.05, 0) is 42.3 Å². The molecule has 3 aromatic carbocycles. The van der Waals surface area contributed by atoms with Gasteiger partial charge in [0, 0.05) is 12.2 Å². The van der Waals surface area contributed by atoms with Gasteiger partial charge in [-0.25, -0.2) is 0 Å².